The van der Waals surface area contributed by atoms with E-state index in [2.05, 4.69) is 33.2 Å². The molecule has 0 saturated heterocycles. The van der Waals surface area contributed by atoms with Crippen LogP contribution in [-0.2, 0) is 4.79 Å². The minimum absolute atomic E-state index is 0.180. The molecule has 0 aliphatic heterocycles. The Morgan fingerprint density at radius 2 is 1.73 bits per heavy atom. The summed E-state index contributed by atoms with van der Waals surface area (Å²) in [6, 6.07) is 12.3. The number of amides is 2. The first-order valence-corrected chi connectivity index (χ1v) is 7.60. The molecule has 2 rings (SSSR count). The molecule has 2 amide bonds. The van der Waals surface area contributed by atoms with Crippen molar-refractivity contribution in [3.8, 4) is 5.75 Å². The van der Waals surface area contributed by atoms with Gasteiger partial charge in [0, 0.05) is 21.7 Å². The number of benzene rings is 2. The molecule has 6 heteroatoms. The molecule has 2 aromatic carbocycles. The lowest BCUT2D eigenvalue weighted by molar-refractivity contribution is -0.114. The highest BCUT2D eigenvalue weighted by Crippen LogP contribution is 2.28. The minimum atomic E-state index is -0.241. The smallest absolute Gasteiger partial charge is 0.255 e. The summed E-state index contributed by atoms with van der Waals surface area (Å²) in [7, 11) is 1.52. The van der Waals surface area contributed by atoms with Gasteiger partial charge in [-0.15, -0.1) is 0 Å². The number of methoxy groups -OCH3 is 1. The number of anilines is 2. The van der Waals surface area contributed by atoms with Crippen LogP contribution in [0.15, 0.2) is 42.5 Å². The fourth-order valence-corrected chi connectivity index (χ4v) is 2.24. The summed E-state index contributed by atoms with van der Waals surface area (Å²) < 4.78 is 6.29. The number of ether oxygens (including phenoxy) is 1. The van der Waals surface area contributed by atoms with E-state index < -0.39 is 0 Å². The topological polar surface area (TPSA) is 67.4 Å². The first-order chi connectivity index (χ1) is 10.5. The number of hydrogen-bond donors (Lipinski definition) is 2. The molecular formula is C16H15IN2O3. The molecule has 114 valence electrons. The van der Waals surface area contributed by atoms with Crippen LogP contribution in [-0.4, -0.2) is 18.9 Å². The number of rotatable bonds is 4. The highest BCUT2D eigenvalue weighted by molar-refractivity contribution is 14.1. The van der Waals surface area contributed by atoms with E-state index in [1.165, 1.54) is 14.0 Å². The van der Waals surface area contributed by atoms with Crippen LogP contribution in [0.2, 0.25) is 0 Å². The normalized spacial score (nSPS) is 9.95. The highest BCUT2D eigenvalue weighted by Gasteiger charge is 2.11. The first-order valence-electron chi connectivity index (χ1n) is 6.52. The van der Waals surface area contributed by atoms with E-state index in [0.717, 1.165) is 3.57 Å². The van der Waals surface area contributed by atoms with Gasteiger partial charge in [-0.25, -0.2) is 0 Å². The van der Waals surface area contributed by atoms with Crippen LogP contribution in [0.3, 0.4) is 0 Å². The van der Waals surface area contributed by atoms with E-state index in [4.69, 9.17) is 4.74 Å². The Bertz CT molecular complexity index is 699. The number of carbonyl (C=O) groups is 2. The van der Waals surface area contributed by atoms with E-state index in [1.807, 2.05) is 12.1 Å². The maximum absolute atomic E-state index is 12.3. The van der Waals surface area contributed by atoms with Gasteiger partial charge in [-0.1, -0.05) is 0 Å². The lowest BCUT2D eigenvalue weighted by Crippen LogP contribution is -2.13. The summed E-state index contributed by atoms with van der Waals surface area (Å²) in [6.07, 6.45) is 0. The zero-order valence-corrected chi connectivity index (χ0v) is 14.3. The molecule has 0 radical (unpaired) electrons. The van der Waals surface area contributed by atoms with Crippen LogP contribution in [0.1, 0.15) is 17.3 Å². The van der Waals surface area contributed by atoms with Gasteiger partial charge >= 0.3 is 0 Å². The molecule has 0 fully saturated rings. The zero-order valence-electron chi connectivity index (χ0n) is 12.1. The summed E-state index contributed by atoms with van der Waals surface area (Å²) in [5, 5.41) is 5.46. The highest BCUT2D eigenvalue weighted by atomic mass is 127. The summed E-state index contributed by atoms with van der Waals surface area (Å²) in [5.41, 5.74) is 1.64. The van der Waals surface area contributed by atoms with Gasteiger partial charge < -0.3 is 15.4 Å². The molecule has 0 aromatic heterocycles. The van der Waals surface area contributed by atoms with Crippen molar-refractivity contribution in [3.05, 3.63) is 51.6 Å². The number of carbonyl (C=O) groups excluding carboxylic acids is 2. The van der Waals surface area contributed by atoms with Crippen LogP contribution >= 0.6 is 22.6 Å². The van der Waals surface area contributed by atoms with Gasteiger partial charge in [-0.3, -0.25) is 9.59 Å². The Labute approximate surface area is 142 Å². The van der Waals surface area contributed by atoms with Crippen molar-refractivity contribution in [2.45, 2.75) is 6.92 Å². The molecule has 5 nitrogen and oxygen atoms in total. The number of hydrogen-bond acceptors (Lipinski definition) is 3. The molecule has 0 aliphatic carbocycles. The van der Waals surface area contributed by atoms with Gasteiger partial charge in [-0.2, -0.15) is 0 Å². The predicted octanol–water partition coefficient (Wildman–Crippen LogP) is 3.51. The Morgan fingerprint density at radius 3 is 2.32 bits per heavy atom. The van der Waals surface area contributed by atoms with Crippen molar-refractivity contribution < 1.29 is 14.3 Å². The largest absolute Gasteiger partial charge is 0.495 e. The maximum atomic E-state index is 12.3. The van der Waals surface area contributed by atoms with E-state index in [-0.39, 0.29) is 11.8 Å². The predicted molar refractivity (Wildman–Crippen MR) is 94.4 cm³/mol. The number of halogens is 1. The Hall–Kier alpha value is -2.09. The Kier molecular flexibility index (Phi) is 5.37. The van der Waals surface area contributed by atoms with E-state index in [0.29, 0.717) is 22.7 Å². The summed E-state index contributed by atoms with van der Waals surface area (Å²) >= 11 is 2.18. The van der Waals surface area contributed by atoms with Gasteiger partial charge in [0.1, 0.15) is 5.75 Å². The molecule has 0 spiro atoms. The van der Waals surface area contributed by atoms with Crippen LogP contribution < -0.4 is 15.4 Å². The van der Waals surface area contributed by atoms with Gasteiger partial charge in [0.15, 0.2) is 0 Å². The average molecular weight is 410 g/mol. The van der Waals surface area contributed by atoms with Gasteiger partial charge in [0.2, 0.25) is 5.91 Å². The Balaban J connectivity index is 2.24. The molecule has 0 heterocycles. The molecular weight excluding hydrogens is 395 g/mol. The third-order valence-corrected chi connectivity index (χ3v) is 3.59. The van der Waals surface area contributed by atoms with Gasteiger partial charge in [0.25, 0.3) is 5.91 Å². The Morgan fingerprint density at radius 1 is 1.05 bits per heavy atom. The van der Waals surface area contributed by atoms with Crippen molar-refractivity contribution in [2.75, 3.05) is 17.7 Å². The van der Waals surface area contributed by atoms with Gasteiger partial charge in [-0.05, 0) is 65.1 Å². The standard InChI is InChI=1S/C16H15IN2O3/c1-10(20)18-13-7-8-15(22-2)14(9-13)19-16(21)11-3-5-12(17)6-4-11/h3-9H,1-2H3,(H,18,20)(H,19,21). The monoisotopic (exact) mass is 410 g/mol. The third kappa shape index (κ3) is 4.20. The summed E-state index contributed by atoms with van der Waals surface area (Å²) in [6.45, 7) is 1.42. The van der Waals surface area contributed by atoms with E-state index >= 15 is 0 Å². The second kappa shape index (κ2) is 7.26. The van der Waals surface area contributed by atoms with Crippen molar-refractivity contribution in [2.24, 2.45) is 0 Å². The van der Waals surface area contributed by atoms with Crippen molar-refractivity contribution >= 4 is 45.8 Å². The lowest BCUT2D eigenvalue weighted by atomic mass is 10.2. The lowest BCUT2D eigenvalue weighted by Gasteiger charge is -2.12. The summed E-state index contributed by atoms with van der Waals surface area (Å²) in [4.78, 5) is 23.4. The zero-order chi connectivity index (χ0) is 16.1. The molecule has 2 aromatic rings. The maximum Gasteiger partial charge on any atom is 0.255 e. The van der Waals surface area contributed by atoms with E-state index in [9.17, 15) is 9.59 Å². The molecule has 0 saturated carbocycles. The minimum Gasteiger partial charge on any atom is -0.495 e. The van der Waals surface area contributed by atoms with Crippen LogP contribution in [0.25, 0.3) is 0 Å². The summed E-state index contributed by atoms with van der Waals surface area (Å²) in [5.74, 6) is 0.0997. The SMILES string of the molecule is COc1ccc(NC(C)=O)cc1NC(=O)c1ccc(I)cc1. The molecule has 0 unspecified atom stereocenters. The van der Waals surface area contributed by atoms with Crippen LogP contribution in [0.4, 0.5) is 11.4 Å². The third-order valence-electron chi connectivity index (χ3n) is 2.87. The second-order valence-electron chi connectivity index (χ2n) is 4.56. The van der Waals surface area contributed by atoms with Gasteiger partial charge in [0.05, 0.1) is 12.8 Å². The van der Waals surface area contributed by atoms with Crippen LogP contribution in [0.5, 0.6) is 5.75 Å². The van der Waals surface area contributed by atoms with Crippen molar-refractivity contribution in [1.82, 2.24) is 0 Å². The second-order valence-corrected chi connectivity index (χ2v) is 5.80. The van der Waals surface area contributed by atoms with Crippen molar-refractivity contribution in [1.29, 1.82) is 0 Å². The average Bonchev–Trinajstić information content (AvgIpc) is 2.47. The fraction of sp³-hybridized carbons (Fsp3) is 0.125. The van der Waals surface area contributed by atoms with Crippen LogP contribution in [0, 0.1) is 3.57 Å². The number of nitrogens with one attached hydrogen (secondary N) is 2. The quantitative estimate of drug-likeness (QED) is 0.759. The van der Waals surface area contributed by atoms with E-state index in [1.54, 1.807) is 30.3 Å². The molecule has 0 aliphatic rings. The molecule has 0 atom stereocenters. The molecule has 22 heavy (non-hydrogen) atoms. The molecule has 2 N–H and O–H groups in total. The fourth-order valence-electron chi connectivity index (χ4n) is 1.88. The molecule has 0 bridgehead atoms. The first kappa shape index (κ1) is 16.3. The van der Waals surface area contributed by atoms with Crippen molar-refractivity contribution in [3.63, 3.8) is 0 Å².